The van der Waals surface area contributed by atoms with E-state index in [0.717, 1.165) is 5.69 Å². The number of nitrogens with zero attached hydrogens (tertiary/aromatic N) is 3. The van der Waals surface area contributed by atoms with Crippen molar-refractivity contribution in [3.05, 3.63) is 82.4 Å². The molecule has 0 saturated carbocycles. The molecule has 1 aromatic carbocycles. The Morgan fingerprint density at radius 1 is 1.25 bits per heavy atom. The highest BCUT2D eigenvalue weighted by atomic mass is 32.1. The van der Waals surface area contributed by atoms with Crippen LogP contribution in [0.2, 0.25) is 0 Å². The number of esters is 1. The molecule has 2 aromatic heterocycles. The fraction of sp³-hybridized carbons (Fsp3) is 0.227. The summed E-state index contributed by atoms with van der Waals surface area (Å²) in [7, 11) is 0. The van der Waals surface area contributed by atoms with E-state index in [2.05, 4.69) is 10.3 Å². The normalized spacial score (nSPS) is 17.8. The fourth-order valence-electron chi connectivity index (χ4n) is 3.64. The molecule has 1 N–H and O–H groups in total. The molecule has 1 fully saturated rings. The second-order valence-electron chi connectivity index (χ2n) is 7.07. The van der Waals surface area contributed by atoms with Gasteiger partial charge in [0.1, 0.15) is 24.1 Å². The second-order valence-corrected chi connectivity index (χ2v) is 7.45. The van der Waals surface area contributed by atoms with Gasteiger partial charge in [-0.05, 0) is 55.5 Å². The number of hydrogen-bond acceptors (Lipinski definition) is 7. The molecule has 0 spiro atoms. The summed E-state index contributed by atoms with van der Waals surface area (Å²) >= 11 is 5.51. The maximum Gasteiger partial charge on any atom is 0.325 e. The Hall–Kier alpha value is -3.79. The van der Waals surface area contributed by atoms with Crippen LogP contribution in [0.4, 0.5) is 5.69 Å². The van der Waals surface area contributed by atoms with E-state index in [1.54, 1.807) is 36.2 Å². The highest BCUT2D eigenvalue weighted by Gasteiger charge is 2.42. The van der Waals surface area contributed by atoms with E-state index in [1.807, 2.05) is 24.3 Å². The summed E-state index contributed by atoms with van der Waals surface area (Å²) in [5, 5.41) is 14.5. The van der Waals surface area contributed by atoms with Gasteiger partial charge in [0.25, 0.3) is 5.69 Å². The monoisotopic (exact) mass is 452 g/mol. The molecule has 4 rings (SSSR count). The van der Waals surface area contributed by atoms with Crippen LogP contribution in [-0.4, -0.2) is 39.0 Å². The summed E-state index contributed by atoms with van der Waals surface area (Å²) in [5.41, 5.74) is 1.45. The van der Waals surface area contributed by atoms with E-state index in [0.29, 0.717) is 22.2 Å². The van der Waals surface area contributed by atoms with Crippen molar-refractivity contribution < 1.29 is 18.9 Å². The Morgan fingerprint density at radius 3 is 2.69 bits per heavy atom. The molecule has 3 heterocycles. The van der Waals surface area contributed by atoms with Crippen molar-refractivity contribution in [3.63, 3.8) is 0 Å². The number of non-ortho nitro benzene ring substituents is 1. The molecule has 3 aromatic rings. The molecular weight excluding hydrogens is 432 g/mol. The van der Waals surface area contributed by atoms with E-state index in [-0.39, 0.29) is 24.9 Å². The molecule has 10 heteroatoms. The number of thiocarbonyl (C=S) groups is 1. The molecule has 0 radical (unpaired) electrons. The Bertz CT molecular complexity index is 1130. The Labute approximate surface area is 189 Å². The van der Waals surface area contributed by atoms with Crippen LogP contribution in [0.5, 0.6) is 0 Å². The minimum Gasteiger partial charge on any atom is -0.465 e. The Kier molecular flexibility index (Phi) is 6.13. The van der Waals surface area contributed by atoms with Crippen molar-refractivity contribution in [3.8, 4) is 11.3 Å². The molecule has 0 amide bonds. The highest BCUT2D eigenvalue weighted by Crippen LogP contribution is 2.40. The second kappa shape index (κ2) is 9.15. The molecule has 0 unspecified atom stereocenters. The number of nitro groups is 1. The number of carbonyl (C=O) groups excluding carboxylic acids is 1. The lowest BCUT2D eigenvalue weighted by Gasteiger charge is -2.25. The van der Waals surface area contributed by atoms with Crippen LogP contribution < -0.4 is 5.32 Å². The number of nitrogens with one attached hydrogen (secondary N) is 1. The lowest BCUT2D eigenvalue weighted by Crippen LogP contribution is -2.35. The molecule has 32 heavy (non-hydrogen) atoms. The van der Waals surface area contributed by atoms with Crippen LogP contribution in [0.1, 0.15) is 30.5 Å². The van der Waals surface area contributed by atoms with Gasteiger partial charge in [0, 0.05) is 23.9 Å². The maximum atomic E-state index is 12.2. The molecule has 0 bridgehead atoms. The van der Waals surface area contributed by atoms with Crippen LogP contribution in [0, 0.1) is 10.1 Å². The third-order valence-electron chi connectivity index (χ3n) is 5.08. The van der Waals surface area contributed by atoms with Crippen molar-refractivity contribution in [2.24, 2.45) is 0 Å². The predicted molar refractivity (Wildman–Crippen MR) is 120 cm³/mol. The number of rotatable bonds is 7. The minimum atomic E-state index is -0.451. The lowest BCUT2D eigenvalue weighted by atomic mass is 10.0. The number of benzene rings is 1. The molecule has 1 saturated heterocycles. The standard InChI is InChI=1S/C22H20N4O5S/c1-2-30-19(27)13-25-21(20(24-22(25)32)16-5-3-4-12-23-16)18-11-10-17(31-18)14-6-8-15(9-7-14)26(28)29/h3-12,20-21H,2,13H2,1H3,(H,24,32)/t20-,21-/m1/s1. The molecule has 1 aliphatic rings. The average Bonchev–Trinajstić information content (AvgIpc) is 3.40. The summed E-state index contributed by atoms with van der Waals surface area (Å²) < 4.78 is 11.2. The van der Waals surface area contributed by atoms with Crippen molar-refractivity contribution in [2.75, 3.05) is 13.2 Å². The maximum absolute atomic E-state index is 12.2. The fourth-order valence-corrected chi connectivity index (χ4v) is 3.95. The summed E-state index contributed by atoms with van der Waals surface area (Å²) in [4.78, 5) is 28.9. The average molecular weight is 452 g/mol. The van der Waals surface area contributed by atoms with E-state index in [9.17, 15) is 14.9 Å². The van der Waals surface area contributed by atoms with Crippen LogP contribution in [0.15, 0.2) is 65.2 Å². The van der Waals surface area contributed by atoms with Crippen LogP contribution in [-0.2, 0) is 9.53 Å². The quantitative estimate of drug-likeness (QED) is 0.248. The topological polar surface area (TPSA) is 111 Å². The molecule has 164 valence electrons. The van der Waals surface area contributed by atoms with Crippen molar-refractivity contribution in [2.45, 2.75) is 19.0 Å². The first-order valence-corrected chi connectivity index (χ1v) is 10.4. The van der Waals surface area contributed by atoms with Gasteiger partial charge in [0.15, 0.2) is 5.11 Å². The zero-order valence-electron chi connectivity index (χ0n) is 17.1. The van der Waals surface area contributed by atoms with Crippen molar-refractivity contribution in [1.29, 1.82) is 0 Å². The van der Waals surface area contributed by atoms with Crippen LogP contribution in [0.25, 0.3) is 11.3 Å². The highest BCUT2D eigenvalue weighted by molar-refractivity contribution is 7.80. The van der Waals surface area contributed by atoms with E-state index < -0.39 is 16.9 Å². The summed E-state index contributed by atoms with van der Waals surface area (Å²) in [5.74, 6) is 0.722. The lowest BCUT2D eigenvalue weighted by molar-refractivity contribution is -0.384. The predicted octanol–water partition coefficient (Wildman–Crippen LogP) is 3.79. The third kappa shape index (κ3) is 4.30. The molecular formula is C22H20N4O5S. The van der Waals surface area contributed by atoms with Gasteiger partial charge in [0.2, 0.25) is 0 Å². The number of ether oxygens (including phenoxy) is 1. The van der Waals surface area contributed by atoms with Gasteiger partial charge in [-0.3, -0.25) is 19.9 Å². The van der Waals surface area contributed by atoms with E-state index >= 15 is 0 Å². The number of hydrogen-bond donors (Lipinski definition) is 1. The van der Waals surface area contributed by atoms with Gasteiger partial charge in [-0.25, -0.2) is 0 Å². The molecule has 2 atom stereocenters. The first kappa shape index (κ1) is 21.4. The summed E-state index contributed by atoms with van der Waals surface area (Å²) in [6.45, 7) is 1.98. The Morgan fingerprint density at radius 2 is 2.03 bits per heavy atom. The van der Waals surface area contributed by atoms with E-state index in [4.69, 9.17) is 21.4 Å². The van der Waals surface area contributed by atoms with Crippen LogP contribution in [0.3, 0.4) is 0 Å². The summed E-state index contributed by atoms with van der Waals surface area (Å²) in [6, 6.07) is 14.5. The molecule has 9 nitrogen and oxygen atoms in total. The largest absolute Gasteiger partial charge is 0.465 e. The number of furan rings is 1. The number of pyridine rings is 1. The first-order chi connectivity index (χ1) is 15.5. The molecule has 0 aliphatic carbocycles. The van der Waals surface area contributed by atoms with Gasteiger partial charge in [-0.15, -0.1) is 0 Å². The minimum absolute atomic E-state index is 0.00157. The smallest absolute Gasteiger partial charge is 0.325 e. The number of nitro benzene ring substituents is 1. The Balaban J connectivity index is 1.68. The van der Waals surface area contributed by atoms with Gasteiger partial charge in [0.05, 0.1) is 23.3 Å². The zero-order chi connectivity index (χ0) is 22.7. The number of carbonyl (C=O) groups is 1. The summed E-state index contributed by atoms with van der Waals surface area (Å²) in [6.07, 6.45) is 1.69. The van der Waals surface area contributed by atoms with Crippen LogP contribution >= 0.6 is 12.2 Å². The third-order valence-corrected chi connectivity index (χ3v) is 5.44. The first-order valence-electron chi connectivity index (χ1n) is 9.96. The van der Waals surface area contributed by atoms with Crippen molar-refractivity contribution >= 4 is 29.0 Å². The SMILES string of the molecule is CCOC(=O)CN1C(=S)N[C@H](c2ccccn2)[C@H]1c1ccc(-c2ccc([N+](=O)[O-])cc2)o1. The zero-order valence-corrected chi connectivity index (χ0v) is 18.0. The van der Waals surface area contributed by atoms with E-state index in [1.165, 1.54) is 12.1 Å². The molecule has 1 aliphatic heterocycles. The van der Waals surface area contributed by atoms with Crippen molar-refractivity contribution in [1.82, 2.24) is 15.2 Å². The van der Waals surface area contributed by atoms with Gasteiger partial charge >= 0.3 is 5.97 Å². The van der Waals surface area contributed by atoms with Gasteiger partial charge in [-0.1, -0.05) is 6.07 Å². The van der Waals surface area contributed by atoms with Gasteiger partial charge in [-0.2, -0.15) is 0 Å². The van der Waals surface area contributed by atoms with Gasteiger partial charge < -0.3 is 19.4 Å². The number of aromatic nitrogens is 1.